The normalized spacial score (nSPS) is 26.9. The van der Waals surface area contributed by atoms with Crippen LogP contribution in [0, 0.1) is 11.2 Å². The highest BCUT2D eigenvalue weighted by Crippen LogP contribution is 2.46. The molecule has 2 heterocycles. The Morgan fingerprint density at radius 3 is 3.11 bits per heavy atom. The van der Waals surface area contributed by atoms with Crippen molar-refractivity contribution in [1.82, 2.24) is 9.55 Å². The number of allylic oxidation sites excluding steroid dienone is 1. The van der Waals surface area contributed by atoms with E-state index in [9.17, 15) is 4.39 Å². The van der Waals surface area contributed by atoms with E-state index in [1.165, 1.54) is 6.20 Å². The zero-order valence-corrected chi connectivity index (χ0v) is 11.1. The summed E-state index contributed by atoms with van der Waals surface area (Å²) in [5.41, 5.74) is 6.53. The highest BCUT2D eigenvalue weighted by atomic mass is 19.1. The second-order valence-electron chi connectivity index (χ2n) is 5.73. The van der Waals surface area contributed by atoms with Crippen molar-refractivity contribution in [2.75, 3.05) is 5.73 Å². The summed E-state index contributed by atoms with van der Waals surface area (Å²) in [6, 6.07) is 2.15. The van der Waals surface area contributed by atoms with Crippen LogP contribution in [0.2, 0.25) is 0 Å². The first-order valence-corrected chi connectivity index (χ1v) is 6.58. The Morgan fingerprint density at radius 2 is 2.42 bits per heavy atom. The van der Waals surface area contributed by atoms with Gasteiger partial charge in [-0.05, 0) is 30.7 Å². The van der Waals surface area contributed by atoms with Gasteiger partial charge in [0.05, 0.1) is 11.7 Å². The molecule has 2 aromatic heterocycles. The number of hydrogen-bond donors (Lipinski definition) is 1. The largest absolute Gasteiger partial charge is 0.383 e. The number of fused-ring (bicyclic) bond motifs is 1. The van der Waals surface area contributed by atoms with Crippen LogP contribution in [-0.4, -0.2) is 9.55 Å². The summed E-state index contributed by atoms with van der Waals surface area (Å²) in [5, 5.41) is 0.701. The highest BCUT2D eigenvalue weighted by Gasteiger charge is 2.34. The monoisotopic (exact) mass is 259 g/mol. The summed E-state index contributed by atoms with van der Waals surface area (Å²) in [5.74, 6) is 0.0843. The van der Waals surface area contributed by atoms with Crippen molar-refractivity contribution in [2.24, 2.45) is 5.41 Å². The molecular formula is C15H18FN3. The van der Waals surface area contributed by atoms with Gasteiger partial charge in [-0.2, -0.15) is 0 Å². The molecule has 19 heavy (non-hydrogen) atoms. The minimum absolute atomic E-state index is 0.149. The van der Waals surface area contributed by atoms with E-state index in [2.05, 4.69) is 18.5 Å². The molecule has 1 fully saturated rings. The number of aromatic nitrogens is 2. The van der Waals surface area contributed by atoms with E-state index in [1.807, 2.05) is 22.9 Å². The van der Waals surface area contributed by atoms with Crippen LogP contribution >= 0.6 is 0 Å². The van der Waals surface area contributed by atoms with Crippen molar-refractivity contribution >= 4 is 16.7 Å². The maximum Gasteiger partial charge on any atom is 0.165 e. The maximum absolute atomic E-state index is 14.0. The van der Waals surface area contributed by atoms with Crippen LogP contribution in [0.1, 0.15) is 32.2 Å². The first-order chi connectivity index (χ1) is 9.04. The molecule has 4 heteroatoms. The number of nitrogens with two attached hydrogens (primary N) is 1. The van der Waals surface area contributed by atoms with Crippen LogP contribution < -0.4 is 5.73 Å². The number of nitrogens with zero attached hydrogens (tertiary/aromatic N) is 2. The average molecular weight is 259 g/mol. The fourth-order valence-corrected chi connectivity index (χ4v) is 3.13. The Hall–Kier alpha value is -1.84. The summed E-state index contributed by atoms with van der Waals surface area (Å²) >= 11 is 0. The molecule has 2 N–H and O–H groups in total. The van der Waals surface area contributed by atoms with Gasteiger partial charge in [-0.1, -0.05) is 13.0 Å². The van der Waals surface area contributed by atoms with Crippen LogP contribution in [-0.2, 0) is 0 Å². The SMILES string of the molecule is C=C[C@]1(C)CCC(n2ccc3c(N)ncc(F)c32)C1. The van der Waals surface area contributed by atoms with E-state index in [-0.39, 0.29) is 11.2 Å². The summed E-state index contributed by atoms with van der Waals surface area (Å²) in [6.07, 6.45) is 8.25. The van der Waals surface area contributed by atoms with Crippen LogP contribution in [0.4, 0.5) is 10.2 Å². The lowest BCUT2D eigenvalue weighted by Crippen LogP contribution is -2.10. The number of anilines is 1. The Kier molecular flexibility index (Phi) is 2.62. The van der Waals surface area contributed by atoms with E-state index < -0.39 is 0 Å². The molecule has 0 aliphatic heterocycles. The first-order valence-electron chi connectivity index (χ1n) is 6.58. The first kappa shape index (κ1) is 12.2. The van der Waals surface area contributed by atoms with Crippen molar-refractivity contribution < 1.29 is 4.39 Å². The lowest BCUT2D eigenvalue weighted by Gasteiger charge is -2.20. The van der Waals surface area contributed by atoms with Crippen molar-refractivity contribution in [3.8, 4) is 0 Å². The van der Waals surface area contributed by atoms with E-state index in [0.717, 1.165) is 19.3 Å². The van der Waals surface area contributed by atoms with Crippen molar-refractivity contribution in [1.29, 1.82) is 0 Å². The number of nitrogen functional groups attached to an aromatic ring is 1. The standard InChI is InChI=1S/C15H18FN3/c1-3-15(2)6-4-10(8-15)19-7-5-11-13(19)12(16)9-18-14(11)17/h3,5,7,9-10H,1,4,6,8H2,2H3,(H2,17,18)/t10?,15-/m1/s1. The lowest BCUT2D eigenvalue weighted by molar-refractivity contribution is 0.414. The molecule has 3 rings (SSSR count). The van der Waals surface area contributed by atoms with E-state index in [4.69, 9.17) is 5.73 Å². The molecule has 1 unspecified atom stereocenters. The van der Waals surface area contributed by atoms with Crippen molar-refractivity contribution in [2.45, 2.75) is 32.2 Å². The molecule has 2 aromatic rings. The van der Waals surface area contributed by atoms with Crippen LogP contribution in [0.5, 0.6) is 0 Å². The maximum atomic E-state index is 14.0. The third kappa shape index (κ3) is 1.82. The average Bonchev–Trinajstić information content (AvgIpc) is 2.99. The topological polar surface area (TPSA) is 43.8 Å². The predicted octanol–water partition coefficient (Wildman–Crippen LogP) is 3.67. The molecule has 100 valence electrons. The summed E-state index contributed by atoms with van der Waals surface area (Å²) in [7, 11) is 0. The quantitative estimate of drug-likeness (QED) is 0.836. The van der Waals surface area contributed by atoms with Gasteiger partial charge >= 0.3 is 0 Å². The number of rotatable bonds is 2. The van der Waals surface area contributed by atoms with Crippen LogP contribution in [0.3, 0.4) is 0 Å². The van der Waals surface area contributed by atoms with Gasteiger partial charge in [0.25, 0.3) is 0 Å². The second kappa shape index (κ2) is 4.08. The van der Waals surface area contributed by atoms with Crippen LogP contribution in [0.15, 0.2) is 31.1 Å². The third-order valence-corrected chi connectivity index (χ3v) is 4.37. The van der Waals surface area contributed by atoms with Gasteiger partial charge in [0.1, 0.15) is 5.82 Å². The van der Waals surface area contributed by atoms with Gasteiger partial charge in [0, 0.05) is 17.6 Å². The zero-order valence-electron chi connectivity index (χ0n) is 11.1. The molecule has 0 bridgehead atoms. The number of hydrogen-bond acceptors (Lipinski definition) is 2. The number of halogens is 1. The van der Waals surface area contributed by atoms with Gasteiger partial charge in [-0.15, -0.1) is 6.58 Å². The van der Waals surface area contributed by atoms with Crippen molar-refractivity contribution in [3.63, 3.8) is 0 Å². The second-order valence-corrected chi connectivity index (χ2v) is 5.73. The van der Waals surface area contributed by atoms with Gasteiger partial charge < -0.3 is 10.3 Å². The fourth-order valence-electron chi connectivity index (χ4n) is 3.13. The predicted molar refractivity (Wildman–Crippen MR) is 75.3 cm³/mol. The molecule has 0 spiro atoms. The number of pyridine rings is 1. The molecule has 2 atom stereocenters. The molecule has 0 radical (unpaired) electrons. The van der Waals surface area contributed by atoms with Crippen LogP contribution in [0.25, 0.3) is 10.9 Å². The highest BCUT2D eigenvalue weighted by molar-refractivity contribution is 5.89. The summed E-state index contributed by atoms with van der Waals surface area (Å²) in [4.78, 5) is 3.86. The fraction of sp³-hybridized carbons (Fsp3) is 0.400. The summed E-state index contributed by atoms with van der Waals surface area (Å²) in [6.45, 7) is 6.12. The van der Waals surface area contributed by atoms with E-state index >= 15 is 0 Å². The van der Waals surface area contributed by atoms with Gasteiger partial charge in [-0.25, -0.2) is 9.37 Å². The molecule has 0 amide bonds. The van der Waals surface area contributed by atoms with E-state index in [0.29, 0.717) is 22.8 Å². The van der Waals surface area contributed by atoms with Gasteiger partial charge in [0.2, 0.25) is 0 Å². The Bertz CT molecular complexity index is 646. The molecule has 1 aliphatic rings. The molecule has 3 nitrogen and oxygen atoms in total. The zero-order chi connectivity index (χ0) is 13.6. The third-order valence-electron chi connectivity index (χ3n) is 4.37. The molecular weight excluding hydrogens is 241 g/mol. The lowest BCUT2D eigenvalue weighted by atomic mass is 9.89. The minimum atomic E-state index is -0.304. The smallest absolute Gasteiger partial charge is 0.165 e. The molecule has 1 aliphatic carbocycles. The van der Waals surface area contributed by atoms with E-state index in [1.54, 1.807) is 0 Å². The minimum Gasteiger partial charge on any atom is -0.383 e. The van der Waals surface area contributed by atoms with Crippen molar-refractivity contribution in [3.05, 3.63) is 36.9 Å². The molecule has 0 saturated heterocycles. The molecule has 0 aromatic carbocycles. The molecule has 1 saturated carbocycles. The Labute approximate surface area is 111 Å². The van der Waals surface area contributed by atoms with Gasteiger partial charge in [0.15, 0.2) is 5.82 Å². The van der Waals surface area contributed by atoms with Gasteiger partial charge in [-0.3, -0.25) is 0 Å². The summed E-state index contributed by atoms with van der Waals surface area (Å²) < 4.78 is 16.0. The Balaban J connectivity index is 2.08. The Morgan fingerprint density at radius 1 is 1.63 bits per heavy atom.